The van der Waals surface area contributed by atoms with Gasteiger partial charge in [-0.1, -0.05) is 26.7 Å². The Kier molecular flexibility index (Phi) is 6.85. The van der Waals surface area contributed by atoms with E-state index in [0.717, 1.165) is 51.0 Å². The summed E-state index contributed by atoms with van der Waals surface area (Å²) in [7, 11) is 0. The van der Waals surface area contributed by atoms with Crippen molar-refractivity contribution in [3.05, 3.63) is 29.8 Å². The van der Waals surface area contributed by atoms with Crippen LogP contribution >= 0.6 is 0 Å². The van der Waals surface area contributed by atoms with E-state index in [1.54, 1.807) is 0 Å². The third kappa shape index (κ3) is 4.57. The van der Waals surface area contributed by atoms with Gasteiger partial charge in [-0.25, -0.2) is 0 Å². The van der Waals surface area contributed by atoms with Crippen LogP contribution in [0.1, 0.15) is 69.2 Å². The Hall–Kier alpha value is -2.12. The topological polar surface area (TPSA) is 67.9 Å². The Morgan fingerprint density at radius 1 is 1.00 bits per heavy atom. The summed E-state index contributed by atoms with van der Waals surface area (Å²) < 4.78 is 0. The molecule has 0 bridgehead atoms. The van der Waals surface area contributed by atoms with Crippen molar-refractivity contribution in [1.82, 2.24) is 20.4 Å². The standard InChI is InChI=1S/C27H41N5O2/c1-3-27(4-2)13-14-32(19-27)21-11-9-20(10-12-21)25(34)30-15-17-31(18-16-30)26-28-23-8-6-5-7-22(23)24(33)29-26/h9-12,22-23,26,28H,3-8,13-19H2,1-2H3,(H,29,33). The Morgan fingerprint density at radius 3 is 2.38 bits per heavy atom. The molecule has 0 spiro atoms. The van der Waals surface area contributed by atoms with Gasteiger partial charge in [-0.05, 0) is 61.8 Å². The smallest absolute Gasteiger partial charge is 0.253 e. The van der Waals surface area contributed by atoms with E-state index in [0.29, 0.717) is 24.5 Å². The Labute approximate surface area is 204 Å². The molecule has 0 aromatic heterocycles. The van der Waals surface area contributed by atoms with Crippen molar-refractivity contribution in [3.63, 3.8) is 0 Å². The molecule has 3 aliphatic heterocycles. The van der Waals surface area contributed by atoms with Gasteiger partial charge >= 0.3 is 0 Å². The molecular formula is C27H41N5O2. The third-order valence-corrected chi connectivity index (χ3v) is 9.14. The number of nitrogens with one attached hydrogen (secondary N) is 2. The zero-order valence-corrected chi connectivity index (χ0v) is 20.9. The predicted molar refractivity (Wildman–Crippen MR) is 135 cm³/mol. The molecule has 2 N–H and O–H groups in total. The van der Waals surface area contributed by atoms with Crippen molar-refractivity contribution in [1.29, 1.82) is 0 Å². The highest BCUT2D eigenvalue weighted by Crippen LogP contribution is 2.39. The fourth-order valence-corrected chi connectivity index (χ4v) is 6.49. The van der Waals surface area contributed by atoms with E-state index < -0.39 is 0 Å². The number of fused-ring (bicyclic) bond motifs is 1. The van der Waals surface area contributed by atoms with Crippen molar-refractivity contribution in [2.75, 3.05) is 44.2 Å². The van der Waals surface area contributed by atoms with E-state index >= 15 is 0 Å². The number of amides is 2. The first-order valence-electron chi connectivity index (χ1n) is 13.5. The normalized spacial score (nSPS) is 29.6. The predicted octanol–water partition coefficient (Wildman–Crippen LogP) is 3.02. The second kappa shape index (κ2) is 9.86. The molecule has 3 saturated heterocycles. The maximum absolute atomic E-state index is 13.2. The molecule has 7 nitrogen and oxygen atoms in total. The summed E-state index contributed by atoms with van der Waals surface area (Å²) in [6.07, 6.45) is 8.02. The first kappa shape index (κ1) is 23.6. The molecule has 3 heterocycles. The zero-order chi connectivity index (χ0) is 23.7. The number of anilines is 1. The summed E-state index contributed by atoms with van der Waals surface area (Å²) in [5.74, 6) is 0.425. The molecule has 7 heteroatoms. The number of hydrogen-bond donors (Lipinski definition) is 2. The van der Waals surface area contributed by atoms with Crippen LogP contribution in [0, 0.1) is 11.3 Å². The van der Waals surface area contributed by atoms with Gasteiger partial charge in [-0.15, -0.1) is 0 Å². The van der Waals surface area contributed by atoms with Crippen LogP contribution < -0.4 is 15.5 Å². The minimum atomic E-state index is -0.109. The first-order valence-corrected chi connectivity index (χ1v) is 13.5. The van der Waals surface area contributed by atoms with Gasteiger partial charge in [0.2, 0.25) is 5.91 Å². The minimum absolute atomic E-state index is 0.108. The number of nitrogens with zero attached hydrogens (tertiary/aromatic N) is 3. The Morgan fingerprint density at radius 2 is 1.71 bits per heavy atom. The van der Waals surface area contributed by atoms with Gasteiger partial charge in [-0.2, -0.15) is 0 Å². The van der Waals surface area contributed by atoms with Crippen LogP contribution in [0.4, 0.5) is 5.69 Å². The van der Waals surface area contributed by atoms with E-state index in [2.05, 4.69) is 46.4 Å². The van der Waals surface area contributed by atoms with Crippen LogP contribution in [0.3, 0.4) is 0 Å². The van der Waals surface area contributed by atoms with Crippen molar-refractivity contribution >= 4 is 17.5 Å². The number of carbonyl (C=O) groups excluding carboxylic acids is 2. The van der Waals surface area contributed by atoms with Crippen LogP contribution in [0.5, 0.6) is 0 Å². The van der Waals surface area contributed by atoms with E-state index in [1.165, 1.54) is 31.4 Å². The maximum Gasteiger partial charge on any atom is 0.253 e. The van der Waals surface area contributed by atoms with Gasteiger partial charge < -0.3 is 15.1 Å². The zero-order valence-electron chi connectivity index (χ0n) is 20.9. The summed E-state index contributed by atoms with van der Waals surface area (Å²) in [5.41, 5.74) is 2.44. The monoisotopic (exact) mass is 467 g/mol. The summed E-state index contributed by atoms with van der Waals surface area (Å²) in [6, 6.07) is 8.52. The van der Waals surface area contributed by atoms with Crippen molar-refractivity contribution in [3.8, 4) is 0 Å². The minimum Gasteiger partial charge on any atom is -0.371 e. The van der Waals surface area contributed by atoms with Gasteiger partial charge in [0.1, 0.15) is 6.29 Å². The SMILES string of the molecule is CCC1(CC)CCN(c2ccc(C(=O)N3CCN(C4NC(=O)C5CCCCC5N4)CC3)cc2)C1. The van der Waals surface area contributed by atoms with Crippen LogP contribution in [-0.2, 0) is 4.79 Å². The fourth-order valence-electron chi connectivity index (χ4n) is 6.49. The van der Waals surface area contributed by atoms with E-state index in [-0.39, 0.29) is 24.0 Å². The molecule has 5 rings (SSSR count). The fraction of sp³-hybridized carbons (Fsp3) is 0.704. The summed E-state index contributed by atoms with van der Waals surface area (Å²) in [4.78, 5) is 32.4. The average Bonchev–Trinajstić information content (AvgIpc) is 3.34. The van der Waals surface area contributed by atoms with Gasteiger partial charge in [0.25, 0.3) is 5.91 Å². The lowest BCUT2D eigenvalue weighted by atomic mass is 9.82. The molecule has 1 aliphatic carbocycles. The van der Waals surface area contributed by atoms with Crippen molar-refractivity contribution < 1.29 is 9.59 Å². The molecule has 1 aromatic carbocycles. The highest BCUT2D eigenvalue weighted by molar-refractivity contribution is 5.94. The van der Waals surface area contributed by atoms with Crippen molar-refractivity contribution in [2.45, 2.75) is 71.1 Å². The molecule has 1 aromatic rings. The lowest BCUT2D eigenvalue weighted by Crippen LogP contribution is -2.69. The second-order valence-electron chi connectivity index (χ2n) is 10.8. The van der Waals surface area contributed by atoms with Crippen molar-refractivity contribution in [2.24, 2.45) is 11.3 Å². The molecule has 1 saturated carbocycles. The third-order valence-electron chi connectivity index (χ3n) is 9.14. The Balaban J connectivity index is 1.14. The van der Waals surface area contributed by atoms with Gasteiger partial charge in [0.05, 0.1) is 5.92 Å². The number of rotatable bonds is 5. The number of hydrogen-bond acceptors (Lipinski definition) is 5. The number of piperazine rings is 1. The largest absolute Gasteiger partial charge is 0.371 e. The molecule has 3 unspecified atom stereocenters. The summed E-state index contributed by atoms with van der Waals surface area (Å²) >= 11 is 0. The lowest BCUT2D eigenvalue weighted by molar-refractivity contribution is -0.134. The number of benzene rings is 1. The molecule has 186 valence electrons. The van der Waals surface area contributed by atoms with Crippen LogP contribution in [0.15, 0.2) is 24.3 Å². The average molecular weight is 468 g/mol. The van der Waals surface area contributed by atoms with E-state index in [4.69, 9.17) is 0 Å². The lowest BCUT2D eigenvalue weighted by Gasteiger charge is -2.46. The van der Waals surface area contributed by atoms with E-state index in [9.17, 15) is 9.59 Å². The quantitative estimate of drug-likeness (QED) is 0.697. The van der Waals surface area contributed by atoms with Gasteiger partial charge in [0.15, 0.2) is 0 Å². The second-order valence-corrected chi connectivity index (χ2v) is 10.8. The maximum atomic E-state index is 13.2. The molecule has 3 atom stereocenters. The highest BCUT2D eigenvalue weighted by Gasteiger charge is 2.40. The molecule has 4 aliphatic rings. The summed E-state index contributed by atoms with van der Waals surface area (Å²) in [6.45, 7) is 9.73. The highest BCUT2D eigenvalue weighted by atomic mass is 16.2. The summed E-state index contributed by atoms with van der Waals surface area (Å²) in [5, 5.41) is 6.84. The molecule has 34 heavy (non-hydrogen) atoms. The molecule has 4 fully saturated rings. The van der Waals surface area contributed by atoms with Crippen LogP contribution in [0.2, 0.25) is 0 Å². The molecule has 0 radical (unpaired) electrons. The Bertz CT molecular complexity index is 876. The molecular weight excluding hydrogens is 426 g/mol. The van der Waals surface area contributed by atoms with E-state index in [1.807, 2.05) is 17.0 Å². The number of carbonyl (C=O) groups is 2. The van der Waals surface area contributed by atoms with Gasteiger partial charge in [-0.3, -0.25) is 19.8 Å². The van der Waals surface area contributed by atoms with Gasteiger partial charge in [0, 0.05) is 56.6 Å². The van der Waals surface area contributed by atoms with Crippen LogP contribution in [0.25, 0.3) is 0 Å². The molecule has 2 amide bonds. The first-order chi connectivity index (χ1) is 16.5. The van der Waals surface area contributed by atoms with Crippen LogP contribution in [-0.4, -0.2) is 73.2 Å².